The molecule has 7 heteroatoms. The van der Waals surface area contributed by atoms with E-state index in [1.54, 1.807) is 31.2 Å². The molecular formula is C23H22F3NO3. The third kappa shape index (κ3) is 4.56. The molecule has 0 bridgehead atoms. The number of alkyl halides is 3. The van der Waals surface area contributed by atoms with Gasteiger partial charge in [-0.3, -0.25) is 9.59 Å². The maximum atomic E-state index is 13.1. The molecule has 0 saturated heterocycles. The number of benzene rings is 2. The minimum absolute atomic E-state index is 0.000580. The van der Waals surface area contributed by atoms with Crippen LogP contribution in [0.3, 0.4) is 0 Å². The molecule has 0 radical (unpaired) electrons. The van der Waals surface area contributed by atoms with Gasteiger partial charge in [-0.1, -0.05) is 49.7 Å². The molecule has 1 heterocycles. The quantitative estimate of drug-likeness (QED) is 0.527. The van der Waals surface area contributed by atoms with Crippen LogP contribution in [0.15, 0.2) is 57.7 Å². The molecule has 0 atom stereocenters. The highest BCUT2D eigenvalue weighted by molar-refractivity contribution is 6.05. The lowest BCUT2D eigenvalue weighted by molar-refractivity contribution is -0.140. The lowest BCUT2D eigenvalue weighted by Crippen LogP contribution is -2.39. The Balaban J connectivity index is 2.17. The number of amides is 1. The molecule has 4 nitrogen and oxygen atoms in total. The van der Waals surface area contributed by atoms with E-state index in [2.05, 4.69) is 0 Å². The fourth-order valence-corrected chi connectivity index (χ4v) is 3.33. The molecule has 0 aliphatic carbocycles. The van der Waals surface area contributed by atoms with Gasteiger partial charge in [0.2, 0.25) is 0 Å². The molecule has 0 saturated carbocycles. The van der Waals surface area contributed by atoms with Crippen LogP contribution in [0.2, 0.25) is 0 Å². The second-order valence-electron chi connectivity index (χ2n) is 7.13. The predicted octanol–water partition coefficient (Wildman–Crippen LogP) is 5.57. The number of unbranched alkanes of at least 4 members (excludes halogenated alkanes) is 1. The maximum Gasteiger partial charge on any atom is 0.406 e. The molecule has 3 rings (SSSR count). The van der Waals surface area contributed by atoms with Crippen LogP contribution in [0.1, 0.15) is 35.7 Å². The number of rotatable bonds is 6. The standard InChI is InChI=1S/C23H22F3NO3/c1-3-4-13-27(14-23(24,25)26)22(29)18-12-8-11-17-19(28)15(2)20(30-21(17)18)16-9-6-5-7-10-16/h5-12H,3-4,13-14H2,1-2H3. The van der Waals surface area contributed by atoms with Crippen molar-refractivity contribution in [2.75, 3.05) is 13.1 Å². The zero-order valence-electron chi connectivity index (χ0n) is 16.8. The first-order valence-electron chi connectivity index (χ1n) is 9.70. The fourth-order valence-electron chi connectivity index (χ4n) is 3.33. The summed E-state index contributed by atoms with van der Waals surface area (Å²) in [5.74, 6) is -0.512. The smallest absolute Gasteiger partial charge is 0.406 e. The lowest BCUT2D eigenvalue weighted by Gasteiger charge is -2.24. The molecule has 0 spiro atoms. The van der Waals surface area contributed by atoms with E-state index in [-0.39, 0.29) is 28.5 Å². The zero-order valence-corrected chi connectivity index (χ0v) is 16.8. The second kappa shape index (κ2) is 8.73. The van der Waals surface area contributed by atoms with Gasteiger partial charge in [0.1, 0.15) is 12.3 Å². The number of hydrogen-bond donors (Lipinski definition) is 0. The van der Waals surface area contributed by atoms with E-state index >= 15 is 0 Å². The van der Waals surface area contributed by atoms with E-state index in [1.165, 1.54) is 18.2 Å². The molecule has 0 unspecified atom stereocenters. The summed E-state index contributed by atoms with van der Waals surface area (Å²) >= 11 is 0. The van der Waals surface area contributed by atoms with E-state index < -0.39 is 18.6 Å². The maximum absolute atomic E-state index is 13.1. The van der Waals surface area contributed by atoms with E-state index in [0.29, 0.717) is 29.7 Å². The Bertz CT molecular complexity index is 1100. The summed E-state index contributed by atoms with van der Waals surface area (Å²) in [6.45, 7) is 2.07. The summed E-state index contributed by atoms with van der Waals surface area (Å²) in [5, 5.41) is 0.167. The average Bonchev–Trinajstić information content (AvgIpc) is 2.72. The van der Waals surface area contributed by atoms with E-state index in [1.807, 2.05) is 13.0 Å². The number of hydrogen-bond acceptors (Lipinski definition) is 3. The summed E-state index contributed by atoms with van der Waals surface area (Å²) in [6.07, 6.45) is -3.45. The highest BCUT2D eigenvalue weighted by Crippen LogP contribution is 2.28. The monoisotopic (exact) mass is 417 g/mol. The average molecular weight is 417 g/mol. The van der Waals surface area contributed by atoms with Crippen molar-refractivity contribution in [2.24, 2.45) is 0 Å². The van der Waals surface area contributed by atoms with Crippen LogP contribution in [0.25, 0.3) is 22.3 Å². The highest BCUT2D eigenvalue weighted by atomic mass is 19.4. The van der Waals surface area contributed by atoms with Crippen LogP contribution in [0.5, 0.6) is 0 Å². The van der Waals surface area contributed by atoms with Crippen molar-refractivity contribution in [3.8, 4) is 11.3 Å². The fraction of sp³-hybridized carbons (Fsp3) is 0.304. The number of nitrogens with zero attached hydrogens (tertiary/aromatic N) is 1. The van der Waals surface area contributed by atoms with Crippen molar-refractivity contribution in [3.05, 3.63) is 69.9 Å². The molecule has 30 heavy (non-hydrogen) atoms. The molecule has 0 fully saturated rings. The molecule has 1 amide bonds. The van der Waals surface area contributed by atoms with Gasteiger partial charge < -0.3 is 9.32 Å². The third-order valence-electron chi connectivity index (χ3n) is 4.85. The van der Waals surface area contributed by atoms with Gasteiger partial charge in [-0.25, -0.2) is 0 Å². The van der Waals surface area contributed by atoms with Crippen LogP contribution in [-0.2, 0) is 0 Å². The van der Waals surface area contributed by atoms with Gasteiger partial charge in [-0.15, -0.1) is 0 Å². The molecule has 2 aromatic carbocycles. The van der Waals surface area contributed by atoms with Gasteiger partial charge in [0.25, 0.3) is 5.91 Å². The van der Waals surface area contributed by atoms with Gasteiger partial charge in [-0.2, -0.15) is 13.2 Å². The molecule has 3 aromatic rings. The Hall–Kier alpha value is -3.09. The number of carbonyl (C=O) groups excluding carboxylic acids is 1. The first kappa shape index (κ1) is 21.6. The summed E-state index contributed by atoms with van der Waals surface area (Å²) in [5.41, 5.74) is 0.647. The zero-order chi connectivity index (χ0) is 21.9. The molecular weight excluding hydrogens is 395 g/mol. The summed E-state index contributed by atoms with van der Waals surface area (Å²) in [6, 6.07) is 13.3. The second-order valence-corrected chi connectivity index (χ2v) is 7.13. The van der Waals surface area contributed by atoms with Crippen molar-refractivity contribution < 1.29 is 22.4 Å². The van der Waals surface area contributed by atoms with Gasteiger partial charge in [0.05, 0.1) is 10.9 Å². The Morgan fingerprint density at radius 2 is 1.77 bits per heavy atom. The third-order valence-corrected chi connectivity index (χ3v) is 4.85. The van der Waals surface area contributed by atoms with Crippen LogP contribution < -0.4 is 5.43 Å². The SMILES string of the molecule is CCCCN(CC(F)(F)F)C(=O)c1cccc2c(=O)c(C)c(-c3ccccc3)oc12. The summed E-state index contributed by atoms with van der Waals surface area (Å²) in [4.78, 5) is 26.7. The van der Waals surface area contributed by atoms with Crippen molar-refractivity contribution in [1.29, 1.82) is 0 Å². The Morgan fingerprint density at radius 1 is 1.07 bits per heavy atom. The van der Waals surface area contributed by atoms with E-state index in [4.69, 9.17) is 4.42 Å². The normalized spacial score (nSPS) is 11.6. The topological polar surface area (TPSA) is 50.5 Å². The number of para-hydroxylation sites is 1. The van der Waals surface area contributed by atoms with Crippen molar-refractivity contribution >= 4 is 16.9 Å². The predicted molar refractivity (Wildman–Crippen MR) is 110 cm³/mol. The minimum atomic E-state index is -4.53. The largest absolute Gasteiger partial charge is 0.455 e. The van der Waals surface area contributed by atoms with Crippen molar-refractivity contribution in [1.82, 2.24) is 4.90 Å². The molecule has 0 aliphatic heterocycles. The Labute approximate surface area is 171 Å². The van der Waals surface area contributed by atoms with Gasteiger partial charge in [0.15, 0.2) is 11.0 Å². The minimum Gasteiger partial charge on any atom is -0.455 e. The summed E-state index contributed by atoms with van der Waals surface area (Å²) < 4.78 is 45.1. The molecule has 0 aliphatic rings. The lowest BCUT2D eigenvalue weighted by atomic mass is 10.0. The Morgan fingerprint density at radius 3 is 2.40 bits per heavy atom. The van der Waals surface area contributed by atoms with E-state index in [9.17, 15) is 22.8 Å². The van der Waals surface area contributed by atoms with Crippen molar-refractivity contribution in [2.45, 2.75) is 32.9 Å². The highest BCUT2D eigenvalue weighted by Gasteiger charge is 2.34. The first-order chi connectivity index (χ1) is 14.2. The van der Waals surface area contributed by atoms with Crippen molar-refractivity contribution in [3.63, 3.8) is 0 Å². The number of fused-ring (bicyclic) bond motifs is 1. The van der Waals surface area contributed by atoms with Crippen LogP contribution in [-0.4, -0.2) is 30.1 Å². The van der Waals surface area contributed by atoms with Crippen LogP contribution >= 0.6 is 0 Å². The molecule has 158 valence electrons. The van der Waals surface area contributed by atoms with Gasteiger partial charge in [-0.05, 0) is 25.5 Å². The Kier molecular flexibility index (Phi) is 6.29. The molecule has 0 N–H and O–H groups in total. The van der Waals surface area contributed by atoms with Crippen LogP contribution in [0, 0.1) is 6.92 Å². The van der Waals surface area contributed by atoms with Crippen LogP contribution in [0.4, 0.5) is 13.2 Å². The molecule has 1 aromatic heterocycles. The first-order valence-corrected chi connectivity index (χ1v) is 9.70. The number of carbonyl (C=O) groups is 1. The summed E-state index contributed by atoms with van der Waals surface area (Å²) in [7, 11) is 0. The number of halogens is 3. The van der Waals surface area contributed by atoms with E-state index in [0.717, 1.165) is 4.90 Å². The van der Waals surface area contributed by atoms with Gasteiger partial charge >= 0.3 is 6.18 Å². The van der Waals surface area contributed by atoms with Gasteiger partial charge in [0, 0.05) is 17.7 Å².